The third-order valence-electron chi connectivity index (χ3n) is 2.64. The SMILES string of the molecule is CCS(=O)(=O)CCNC(=O)NC(C)C(C)C(=O)O. The first-order chi connectivity index (χ1) is 8.19. The molecular weight excluding hydrogens is 260 g/mol. The average molecular weight is 280 g/mol. The maximum Gasteiger partial charge on any atom is 0.315 e. The Hall–Kier alpha value is -1.31. The molecule has 0 aromatic rings. The van der Waals surface area contributed by atoms with Crippen LogP contribution in [0.15, 0.2) is 0 Å². The Morgan fingerprint density at radius 2 is 1.83 bits per heavy atom. The Bertz CT molecular complexity index is 393. The van der Waals surface area contributed by atoms with Crippen LogP contribution in [0.5, 0.6) is 0 Å². The predicted molar refractivity (Wildman–Crippen MR) is 67.1 cm³/mol. The summed E-state index contributed by atoms with van der Waals surface area (Å²) >= 11 is 0. The minimum Gasteiger partial charge on any atom is -0.481 e. The van der Waals surface area contributed by atoms with Gasteiger partial charge < -0.3 is 15.7 Å². The van der Waals surface area contributed by atoms with E-state index in [0.29, 0.717) is 0 Å². The lowest BCUT2D eigenvalue weighted by Crippen LogP contribution is -2.46. The maximum absolute atomic E-state index is 11.3. The fraction of sp³-hybridized carbons (Fsp3) is 0.800. The molecule has 0 saturated carbocycles. The Kier molecular flexibility index (Phi) is 6.67. The largest absolute Gasteiger partial charge is 0.481 e. The Morgan fingerprint density at radius 3 is 2.28 bits per heavy atom. The van der Waals surface area contributed by atoms with Crippen molar-refractivity contribution in [3.63, 3.8) is 0 Å². The van der Waals surface area contributed by atoms with Gasteiger partial charge in [-0.3, -0.25) is 4.79 Å². The van der Waals surface area contributed by atoms with E-state index in [2.05, 4.69) is 10.6 Å². The molecule has 2 amide bonds. The van der Waals surface area contributed by atoms with Gasteiger partial charge in [0.15, 0.2) is 9.84 Å². The monoisotopic (exact) mass is 280 g/mol. The van der Waals surface area contributed by atoms with E-state index in [0.717, 1.165) is 0 Å². The molecule has 0 spiro atoms. The summed E-state index contributed by atoms with van der Waals surface area (Å²) in [6.07, 6.45) is 0. The Labute approximate surface area is 107 Å². The van der Waals surface area contributed by atoms with Gasteiger partial charge >= 0.3 is 12.0 Å². The van der Waals surface area contributed by atoms with Crippen molar-refractivity contribution in [2.75, 3.05) is 18.1 Å². The quantitative estimate of drug-likeness (QED) is 0.599. The normalized spacial score (nSPS) is 14.6. The lowest BCUT2D eigenvalue weighted by Gasteiger charge is -2.18. The summed E-state index contributed by atoms with van der Waals surface area (Å²) in [5.74, 6) is -1.81. The standard InChI is InChI=1S/C10H20N2O5S/c1-4-18(16,17)6-5-11-10(15)12-8(3)7(2)9(13)14/h7-8H,4-6H2,1-3H3,(H,13,14)(H2,11,12,15). The van der Waals surface area contributed by atoms with Crippen molar-refractivity contribution in [3.8, 4) is 0 Å². The second-order valence-corrected chi connectivity index (χ2v) is 6.52. The van der Waals surface area contributed by atoms with Gasteiger partial charge in [-0.1, -0.05) is 6.92 Å². The van der Waals surface area contributed by atoms with Crippen LogP contribution in [0, 0.1) is 5.92 Å². The van der Waals surface area contributed by atoms with E-state index >= 15 is 0 Å². The number of hydrogen-bond donors (Lipinski definition) is 3. The van der Waals surface area contributed by atoms with Crippen molar-refractivity contribution in [1.29, 1.82) is 0 Å². The molecule has 2 unspecified atom stereocenters. The molecule has 0 heterocycles. The van der Waals surface area contributed by atoms with Gasteiger partial charge in [0, 0.05) is 18.3 Å². The molecule has 0 bridgehead atoms. The van der Waals surface area contributed by atoms with Gasteiger partial charge in [0.1, 0.15) is 0 Å². The minimum atomic E-state index is -3.11. The minimum absolute atomic E-state index is 0.0101. The van der Waals surface area contributed by atoms with Crippen LogP contribution in [0.3, 0.4) is 0 Å². The second kappa shape index (κ2) is 7.20. The van der Waals surface area contributed by atoms with Crippen molar-refractivity contribution in [2.24, 2.45) is 5.92 Å². The second-order valence-electron chi connectivity index (χ2n) is 4.05. The van der Waals surface area contributed by atoms with Gasteiger partial charge in [0.05, 0.1) is 11.7 Å². The van der Waals surface area contributed by atoms with Gasteiger partial charge in [-0.05, 0) is 13.8 Å². The molecule has 2 atom stereocenters. The lowest BCUT2D eigenvalue weighted by atomic mass is 10.0. The third-order valence-corrected chi connectivity index (χ3v) is 4.34. The molecule has 18 heavy (non-hydrogen) atoms. The van der Waals surface area contributed by atoms with E-state index in [-0.39, 0.29) is 18.1 Å². The molecule has 0 rings (SSSR count). The van der Waals surface area contributed by atoms with Gasteiger partial charge in [-0.2, -0.15) is 0 Å². The number of urea groups is 1. The van der Waals surface area contributed by atoms with Crippen LogP contribution < -0.4 is 10.6 Å². The van der Waals surface area contributed by atoms with Crippen molar-refractivity contribution >= 4 is 21.8 Å². The number of rotatable bonds is 7. The van der Waals surface area contributed by atoms with Crippen LogP contribution in [-0.2, 0) is 14.6 Å². The zero-order valence-corrected chi connectivity index (χ0v) is 11.6. The first-order valence-electron chi connectivity index (χ1n) is 5.67. The number of carbonyl (C=O) groups is 2. The number of aliphatic carboxylic acids is 1. The van der Waals surface area contributed by atoms with Crippen LogP contribution in [0.4, 0.5) is 4.79 Å². The highest BCUT2D eigenvalue weighted by Gasteiger charge is 2.20. The summed E-state index contributed by atoms with van der Waals surface area (Å²) in [4.78, 5) is 22.0. The molecule has 0 aliphatic rings. The zero-order valence-electron chi connectivity index (χ0n) is 10.8. The topological polar surface area (TPSA) is 113 Å². The molecule has 0 aliphatic carbocycles. The number of sulfone groups is 1. The summed E-state index contributed by atoms with van der Waals surface area (Å²) in [6.45, 7) is 4.60. The van der Waals surface area contributed by atoms with Crippen LogP contribution in [-0.4, -0.2) is 49.6 Å². The molecule has 0 fully saturated rings. The summed E-state index contributed by atoms with van der Waals surface area (Å²) in [5, 5.41) is 13.5. The average Bonchev–Trinajstić information content (AvgIpc) is 2.27. The number of amides is 2. The van der Waals surface area contributed by atoms with E-state index in [1.54, 1.807) is 6.92 Å². The predicted octanol–water partition coefficient (Wildman–Crippen LogP) is -0.170. The zero-order chi connectivity index (χ0) is 14.3. The molecule has 7 nitrogen and oxygen atoms in total. The van der Waals surface area contributed by atoms with E-state index in [4.69, 9.17) is 5.11 Å². The van der Waals surface area contributed by atoms with Crippen LogP contribution in [0.25, 0.3) is 0 Å². The summed E-state index contributed by atoms with van der Waals surface area (Å²) in [5.41, 5.74) is 0. The highest BCUT2D eigenvalue weighted by atomic mass is 32.2. The molecule has 3 N–H and O–H groups in total. The van der Waals surface area contributed by atoms with Gasteiger partial charge in [-0.15, -0.1) is 0 Å². The van der Waals surface area contributed by atoms with Gasteiger partial charge in [0.2, 0.25) is 0 Å². The summed E-state index contributed by atoms with van der Waals surface area (Å²) in [6, 6.07) is -1.10. The number of hydrogen-bond acceptors (Lipinski definition) is 4. The Morgan fingerprint density at radius 1 is 1.28 bits per heavy atom. The molecule has 106 valence electrons. The fourth-order valence-corrected chi connectivity index (χ4v) is 1.76. The Balaban J connectivity index is 4.03. The maximum atomic E-state index is 11.3. The van der Waals surface area contributed by atoms with Gasteiger partial charge in [-0.25, -0.2) is 13.2 Å². The molecule has 0 aromatic heterocycles. The van der Waals surface area contributed by atoms with Crippen molar-refractivity contribution < 1.29 is 23.1 Å². The van der Waals surface area contributed by atoms with E-state index in [1.165, 1.54) is 13.8 Å². The van der Waals surface area contributed by atoms with Crippen molar-refractivity contribution in [2.45, 2.75) is 26.8 Å². The van der Waals surface area contributed by atoms with E-state index in [9.17, 15) is 18.0 Å². The summed E-state index contributed by atoms with van der Waals surface area (Å²) < 4.78 is 22.3. The van der Waals surface area contributed by atoms with Crippen LogP contribution in [0.1, 0.15) is 20.8 Å². The fourth-order valence-electron chi connectivity index (χ4n) is 1.06. The van der Waals surface area contributed by atoms with Crippen molar-refractivity contribution in [1.82, 2.24) is 10.6 Å². The molecule has 0 saturated heterocycles. The smallest absolute Gasteiger partial charge is 0.315 e. The summed E-state index contributed by atoms with van der Waals surface area (Å²) in [7, 11) is -3.11. The highest BCUT2D eigenvalue weighted by Crippen LogP contribution is 2.01. The van der Waals surface area contributed by atoms with E-state index in [1.807, 2.05) is 0 Å². The first kappa shape index (κ1) is 16.7. The van der Waals surface area contributed by atoms with Crippen LogP contribution >= 0.6 is 0 Å². The van der Waals surface area contributed by atoms with E-state index < -0.39 is 33.8 Å². The molecule has 0 aliphatic heterocycles. The van der Waals surface area contributed by atoms with Crippen LogP contribution in [0.2, 0.25) is 0 Å². The number of carboxylic acids is 1. The molecule has 0 aromatic carbocycles. The third kappa shape index (κ3) is 6.43. The first-order valence-corrected chi connectivity index (χ1v) is 7.49. The molecular formula is C10H20N2O5S. The number of nitrogens with one attached hydrogen (secondary N) is 2. The molecule has 8 heteroatoms. The number of carboxylic acid groups (broad SMARTS) is 1. The highest BCUT2D eigenvalue weighted by molar-refractivity contribution is 7.91. The molecule has 0 radical (unpaired) electrons. The van der Waals surface area contributed by atoms with Gasteiger partial charge in [0.25, 0.3) is 0 Å². The van der Waals surface area contributed by atoms with Crippen molar-refractivity contribution in [3.05, 3.63) is 0 Å². The number of carbonyl (C=O) groups excluding carboxylic acids is 1. The lowest BCUT2D eigenvalue weighted by molar-refractivity contribution is -0.141.